The highest BCUT2D eigenvalue weighted by Crippen LogP contribution is 2.43. The molecule has 0 radical (unpaired) electrons. The van der Waals surface area contributed by atoms with Crippen molar-refractivity contribution in [1.82, 2.24) is 19.7 Å². The highest BCUT2D eigenvalue weighted by Gasteiger charge is 2.42. The van der Waals surface area contributed by atoms with Gasteiger partial charge in [-0.1, -0.05) is 30.3 Å². The lowest BCUT2D eigenvalue weighted by Gasteiger charge is -2.41. The molecule has 1 amide bonds. The molecule has 4 rings (SSSR count). The maximum atomic E-state index is 13.0. The number of hydrogen-bond acceptors (Lipinski definition) is 4. The van der Waals surface area contributed by atoms with E-state index in [-0.39, 0.29) is 23.7 Å². The van der Waals surface area contributed by atoms with Gasteiger partial charge in [0.2, 0.25) is 5.91 Å². The SMILES string of the molecule is Cn1cnnc1[C@@H]1CC[C@@H]1C(=O)N1CCC(C(C#N)c2ccccc2)CC1. The maximum Gasteiger partial charge on any atom is 0.226 e. The quantitative estimate of drug-likeness (QED) is 0.837. The molecule has 2 aromatic rings. The van der Waals surface area contributed by atoms with Gasteiger partial charge in [-0.25, -0.2) is 0 Å². The van der Waals surface area contributed by atoms with Gasteiger partial charge >= 0.3 is 0 Å². The zero-order valence-electron chi connectivity index (χ0n) is 15.7. The number of carbonyl (C=O) groups excluding carboxylic acids is 1. The largest absolute Gasteiger partial charge is 0.342 e. The molecule has 0 N–H and O–H groups in total. The average Bonchev–Trinajstić information content (AvgIpc) is 3.08. The highest BCUT2D eigenvalue weighted by molar-refractivity contribution is 5.80. The van der Waals surface area contributed by atoms with E-state index in [0.717, 1.165) is 50.2 Å². The van der Waals surface area contributed by atoms with Crippen LogP contribution in [0.1, 0.15) is 48.9 Å². The Hall–Kier alpha value is -2.68. The van der Waals surface area contributed by atoms with Crippen molar-refractivity contribution in [3.63, 3.8) is 0 Å². The minimum atomic E-state index is -0.0847. The van der Waals surface area contributed by atoms with E-state index in [9.17, 15) is 10.1 Å². The first-order valence-electron chi connectivity index (χ1n) is 9.76. The fourth-order valence-electron chi connectivity index (χ4n) is 4.53. The lowest BCUT2D eigenvalue weighted by atomic mass is 9.71. The Morgan fingerprint density at radius 2 is 1.93 bits per heavy atom. The molecule has 1 unspecified atom stereocenters. The van der Waals surface area contributed by atoms with Crippen LogP contribution in [-0.4, -0.2) is 38.7 Å². The van der Waals surface area contributed by atoms with Crippen LogP contribution < -0.4 is 0 Å². The molecule has 0 bridgehead atoms. The van der Waals surface area contributed by atoms with Crippen molar-refractivity contribution in [3.05, 3.63) is 48.0 Å². The molecule has 0 spiro atoms. The number of likely N-dealkylation sites (tertiary alicyclic amines) is 1. The van der Waals surface area contributed by atoms with Crippen molar-refractivity contribution < 1.29 is 4.79 Å². The Bertz CT molecular complexity index is 832. The molecule has 3 atom stereocenters. The maximum absolute atomic E-state index is 13.0. The summed E-state index contributed by atoms with van der Waals surface area (Å²) < 4.78 is 1.92. The van der Waals surface area contributed by atoms with Gasteiger partial charge in [0, 0.05) is 32.0 Å². The van der Waals surface area contributed by atoms with E-state index in [1.54, 1.807) is 6.33 Å². The van der Waals surface area contributed by atoms with Crippen LogP contribution in [0.25, 0.3) is 0 Å². The van der Waals surface area contributed by atoms with E-state index in [0.29, 0.717) is 5.92 Å². The van der Waals surface area contributed by atoms with E-state index in [1.165, 1.54) is 0 Å². The second kappa shape index (κ2) is 7.51. The topological polar surface area (TPSA) is 74.8 Å². The van der Waals surface area contributed by atoms with Gasteiger partial charge in [-0.2, -0.15) is 5.26 Å². The van der Waals surface area contributed by atoms with Crippen LogP contribution in [0.5, 0.6) is 0 Å². The van der Waals surface area contributed by atoms with Crippen molar-refractivity contribution in [3.8, 4) is 6.07 Å². The first-order valence-corrected chi connectivity index (χ1v) is 9.76. The number of rotatable bonds is 4. The van der Waals surface area contributed by atoms with Gasteiger partial charge < -0.3 is 9.47 Å². The number of nitriles is 1. The minimum Gasteiger partial charge on any atom is -0.342 e. The van der Waals surface area contributed by atoms with Crippen LogP contribution in [-0.2, 0) is 11.8 Å². The fourth-order valence-corrected chi connectivity index (χ4v) is 4.53. The third-order valence-corrected chi connectivity index (χ3v) is 6.29. The Kier molecular flexibility index (Phi) is 4.93. The molecule has 1 saturated heterocycles. The number of aryl methyl sites for hydroxylation is 1. The van der Waals surface area contributed by atoms with Crippen molar-refractivity contribution in [1.29, 1.82) is 5.26 Å². The monoisotopic (exact) mass is 363 g/mol. The molecule has 1 aliphatic heterocycles. The second-order valence-corrected chi connectivity index (χ2v) is 7.77. The summed E-state index contributed by atoms with van der Waals surface area (Å²) in [6.07, 6.45) is 5.41. The first kappa shape index (κ1) is 17.7. The molecule has 2 fully saturated rings. The molecular weight excluding hydrogens is 338 g/mol. The van der Waals surface area contributed by atoms with E-state index < -0.39 is 0 Å². The van der Waals surface area contributed by atoms with Gasteiger partial charge in [0.05, 0.1) is 12.0 Å². The summed E-state index contributed by atoms with van der Waals surface area (Å²) in [6.45, 7) is 1.49. The van der Waals surface area contributed by atoms with Crippen molar-refractivity contribution >= 4 is 5.91 Å². The lowest BCUT2D eigenvalue weighted by Crippen LogP contribution is -2.46. The molecule has 1 aromatic heterocycles. The smallest absolute Gasteiger partial charge is 0.226 e. The predicted molar refractivity (Wildman–Crippen MR) is 101 cm³/mol. The summed E-state index contributed by atoms with van der Waals surface area (Å²) in [5.74, 6) is 1.63. The normalized spacial score (nSPS) is 24.1. The molecule has 6 heteroatoms. The van der Waals surface area contributed by atoms with Gasteiger partial charge in [0.1, 0.15) is 12.2 Å². The summed E-state index contributed by atoms with van der Waals surface area (Å²) in [6, 6.07) is 12.5. The molecule has 1 saturated carbocycles. The average molecular weight is 363 g/mol. The number of nitrogens with zero attached hydrogens (tertiary/aromatic N) is 5. The van der Waals surface area contributed by atoms with Crippen LogP contribution >= 0.6 is 0 Å². The Balaban J connectivity index is 1.37. The van der Waals surface area contributed by atoms with Crippen LogP contribution in [0, 0.1) is 23.2 Å². The number of benzene rings is 1. The number of hydrogen-bond donors (Lipinski definition) is 0. The summed E-state index contributed by atoms with van der Waals surface area (Å²) >= 11 is 0. The zero-order valence-corrected chi connectivity index (χ0v) is 15.7. The summed E-state index contributed by atoms with van der Waals surface area (Å²) in [5, 5.41) is 17.8. The Morgan fingerprint density at radius 1 is 1.19 bits per heavy atom. The second-order valence-electron chi connectivity index (χ2n) is 7.77. The predicted octanol–water partition coefficient (Wildman–Crippen LogP) is 2.85. The van der Waals surface area contributed by atoms with Crippen LogP contribution in [0.15, 0.2) is 36.7 Å². The fraction of sp³-hybridized carbons (Fsp3) is 0.524. The molecule has 27 heavy (non-hydrogen) atoms. The van der Waals surface area contributed by atoms with Crippen molar-refractivity contribution in [2.75, 3.05) is 13.1 Å². The number of piperidine rings is 1. The zero-order chi connectivity index (χ0) is 18.8. The first-order chi connectivity index (χ1) is 13.2. The Labute approximate surface area is 159 Å². The van der Waals surface area contributed by atoms with Crippen LogP contribution in [0.3, 0.4) is 0 Å². The number of amides is 1. The van der Waals surface area contributed by atoms with E-state index >= 15 is 0 Å². The van der Waals surface area contributed by atoms with E-state index in [4.69, 9.17) is 0 Å². The van der Waals surface area contributed by atoms with Gasteiger partial charge in [0.25, 0.3) is 0 Å². The van der Waals surface area contributed by atoms with Crippen LogP contribution in [0.4, 0.5) is 0 Å². The summed E-state index contributed by atoms with van der Waals surface area (Å²) in [5.41, 5.74) is 1.09. The summed E-state index contributed by atoms with van der Waals surface area (Å²) in [7, 11) is 1.94. The molecular formula is C21H25N5O. The van der Waals surface area contributed by atoms with Gasteiger partial charge in [-0.3, -0.25) is 4.79 Å². The minimum absolute atomic E-state index is 0.0327. The molecule has 1 aliphatic carbocycles. The third-order valence-electron chi connectivity index (χ3n) is 6.29. The molecule has 2 heterocycles. The number of carbonyl (C=O) groups is 1. The molecule has 140 valence electrons. The third kappa shape index (κ3) is 3.34. The Morgan fingerprint density at radius 3 is 2.48 bits per heavy atom. The van der Waals surface area contributed by atoms with E-state index in [2.05, 4.69) is 16.3 Å². The highest BCUT2D eigenvalue weighted by atomic mass is 16.2. The van der Waals surface area contributed by atoms with Gasteiger partial charge in [-0.15, -0.1) is 10.2 Å². The van der Waals surface area contributed by atoms with E-state index in [1.807, 2.05) is 46.8 Å². The molecule has 6 nitrogen and oxygen atoms in total. The molecule has 1 aromatic carbocycles. The van der Waals surface area contributed by atoms with Crippen molar-refractivity contribution in [2.45, 2.75) is 37.5 Å². The molecule has 2 aliphatic rings. The van der Waals surface area contributed by atoms with Crippen molar-refractivity contribution in [2.24, 2.45) is 18.9 Å². The van der Waals surface area contributed by atoms with Crippen LogP contribution in [0.2, 0.25) is 0 Å². The van der Waals surface area contributed by atoms with Gasteiger partial charge in [0.15, 0.2) is 0 Å². The summed E-state index contributed by atoms with van der Waals surface area (Å²) in [4.78, 5) is 15.0. The number of aromatic nitrogens is 3. The van der Waals surface area contributed by atoms with Gasteiger partial charge in [-0.05, 0) is 37.2 Å². The lowest BCUT2D eigenvalue weighted by molar-refractivity contribution is -0.140. The standard InChI is InChI=1S/C21H25N5O/c1-25-14-23-24-20(25)17-7-8-18(17)21(27)26-11-9-16(10-12-26)19(13-22)15-5-3-2-4-6-15/h2-6,14,16-19H,7-12H2,1H3/t17-,18+,19?/m1/s1.